The molecule has 2 heterocycles. The number of benzene rings is 1. The summed E-state index contributed by atoms with van der Waals surface area (Å²) in [5, 5.41) is 3.94. The molecule has 0 N–H and O–H groups in total. The average Bonchev–Trinajstić information content (AvgIpc) is 3.26. The molecule has 7 nitrogen and oxygen atoms in total. The number of aromatic nitrogens is 2. The third kappa shape index (κ3) is 4.59. The first-order chi connectivity index (χ1) is 12.5. The maximum atomic E-state index is 12.8. The maximum absolute atomic E-state index is 12.8. The Balaban J connectivity index is 1.51. The Hall–Kier alpha value is -2.00. The first kappa shape index (κ1) is 18.8. The van der Waals surface area contributed by atoms with Crippen LogP contribution < -0.4 is 4.74 Å². The molecule has 26 heavy (non-hydrogen) atoms. The van der Waals surface area contributed by atoms with Gasteiger partial charge in [-0.15, -0.1) is 0 Å². The van der Waals surface area contributed by atoms with Crippen LogP contribution in [0.3, 0.4) is 0 Å². The molecule has 0 spiro atoms. The lowest BCUT2D eigenvalue weighted by Crippen LogP contribution is -2.30. The molecule has 0 amide bonds. The number of hydrogen-bond acceptors (Lipinski definition) is 6. The zero-order valence-electron chi connectivity index (χ0n) is 14.6. The molecule has 1 aliphatic heterocycles. The first-order valence-corrected chi connectivity index (χ1v) is 10.3. The summed E-state index contributed by atoms with van der Waals surface area (Å²) in [7, 11) is -3.20. The maximum Gasteiger partial charge on any atom is 0.231 e. The van der Waals surface area contributed by atoms with Gasteiger partial charge in [0.05, 0.1) is 18.3 Å². The minimum atomic E-state index is -3.20. The molecule has 1 saturated heterocycles. The lowest BCUT2D eigenvalue weighted by Gasteiger charge is -2.14. The summed E-state index contributed by atoms with van der Waals surface area (Å²) in [5.74, 6) is 1.33. The Morgan fingerprint density at radius 2 is 2.12 bits per heavy atom. The molecule has 3 rings (SSSR count). The molecule has 0 saturated carbocycles. The second kappa shape index (κ2) is 8.13. The molecular formula is C17H22FN3O4S. The second-order valence-electron chi connectivity index (χ2n) is 6.26. The molecule has 1 aromatic carbocycles. The Labute approximate surface area is 152 Å². The Morgan fingerprint density at radius 3 is 2.85 bits per heavy atom. The monoisotopic (exact) mass is 383 g/mol. The summed E-state index contributed by atoms with van der Waals surface area (Å²) in [6.07, 6.45) is 1.73. The minimum absolute atomic E-state index is 0.0686. The zero-order valence-corrected chi connectivity index (χ0v) is 15.4. The number of hydrogen-bond donors (Lipinski definition) is 0. The molecule has 1 aliphatic rings. The van der Waals surface area contributed by atoms with Crippen LogP contribution in [-0.2, 0) is 16.4 Å². The number of halogens is 1. The minimum Gasteiger partial charge on any atom is -0.493 e. The van der Waals surface area contributed by atoms with Crippen molar-refractivity contribution >= 4 is 10.0 Å². The summed E-state index contributed by atoms with van der Waals surface area (Å²) < 4.78 is 49.4. The van der Waals surface area contributed by atoms with Crippen LogP contribution in [0.2, 0.25) is 0 Å². The lowest BCUT2D eigenvalue weighted by atomic mass is 10.1. The zero-order chi connectivity index (χ0) is 18.6. The van der Waals surface area contributed by atoms with E-state index in [-0.39, 0.29) is 17.5 Å². The van der Waals surface area contributed by atoms with Crippen LogP contribution in [0.5, 0.6) is 5.75 Å². The van der Waals surface area contributed by atoms with Crippen LogP contribution >= 0.6 is 0 Å². The molecule has 0 bridgehead atoms. The number of sulfonamides is 1. The quantitative estimate of drug-likeness (QED) is 0.696. The van der Waals surface area contributed by atoms with E-state index in [0.29, 0.717) is 56.4 Å². The van der Waals surface area contributed by atoms with Crippen molar-refractivity contribution in [2.45, 2.75) is 32.1 Å². The van der Waals surface area contributed by atoms with E-state index in [1.54, 1.807) is 12.1 Å². The predicted octanol–water partition coefficient (Wildman–Crippen LogP) is 2.36. The third-order valence-corrected chi connectivity index (χ3v) is 6.29. The molecular weight excluding hydrogens is 361 g/mol. The van der Waals surface area contributed by atoms with Gasteiger partial charge in [0.15, 0.2) is 5.82 Å². The highest BCUT2D eigenvalue weighted by Crippen LogP contribution is 2.28. The second-order valence-corrected chi connectivity index (χ2v) is 8.35. The van der Waals surface area contributed by atoms with Crippen molar-refractivity contribution in [3.63, 3.8) is 0 Å². The van der Waals surface area contributed by atoms with Crippen LogP contribution in [0.15, 0.2) is 28.8 Å². The fourth-order valence-electron chi connectivity index (χ4n) is 2.90. The number of ether oxygens (including phenoxy) is 1. The molecule has 142 valence electrons. The van der Waals surface area contributed by atoms with E-state index in [0.717, 1.165) is 0 Å². The molecule has 0 radical (unpaired) electrons. The van der Waals surface area contributed by atoms with E-state index in [1.165, 1.54) is 16.4 Å². The van der Waals surface area contributed by atoms with Gasteiger partial charge in [-0.3, -0.25) is 0 Å². The van der Waals surface area contributed by atoms with Gasteiger partial charge in [0.1, 0.15) is 11.6 Å². The lowest BCUT2D eigenvalue weighted by molar-refractivity contribution is 0.312. The van der Waals surface area contributed by atoms with E-state index in [1.807, 2.05) is 6.92 Å². The van der Waals surface area contributed by atoms with Crippen LogP contribution in [-0.4, -0.2) is 48.3 Å². The highest BCUT2D eigenvalue weighted by molar-refractivity contribution is 7.89. The summed E-state index contributed by atoms with van der Waals surface area (Å²) in [4.78, 5) is 4.36. The summed E-state index contributed by atoms with van der Waals surface area (Å²) in [6, 6.07) is 5.78. The van der Waals surface area contributed by atoms with Crippen molar-refractivity contribution in [2.24, 2.45) is 0 Å². The van der Waals surface area contributed by atoms with Gasteiger partial charge in [-0.1, -0.05) is 12.1 Å². The molecule has 1 fully saturated rings. The molecule has 1 unspecified atom stereocenters. The van der Waals surface area contributed by atoms with Gasteiger partial charge in [-0.25, -0.2) is 17.1 Å². The molecule has 0 aliphatic carbocycles. The van der Waals surface area contributed by atoms with Gasteiger partial charge in [-0.05, 0) is 37.1 Å². The van der Waals surface area contributed by atoms with Crippen molar-refractivity contribution in [3.8, 4) is 5.75 Å². The van der Waals surface area contributed by atoms with E-state index in [2.05, 4.69) is 10.1 Å². The van der Waals surface area contributed by atoms with Crippen LogP contribution in [0.4, 0.5) is 4.39 Å². The largest absolute Gasteiger partial charge is 0.493 e. The first-order valence-electron chi connectivity index (χ1n) is 8.66. The molecule has 1 aromatic heterocycles. The fourth-order valence-corrected chi connectivity index (χ4v) is 4.46. The van der Waals surface area contributed by atoms with Crippen LogP contribution in [0.1, 0.15) is 37.4 Å². The predicted molar refractivity (Wildman–Crippen MR) is 92.9 cm³/mol. The van der Waals surface area contributed by atoms with Crippen LogP contribution in [0.25, 0.3) is 0 Å². The van der Waals surface area contributed by atoms with Crippen molar-refractivity contribution in [3.05, 3.63) is 41.8 Å². The normalized spacial score (nSPS) is 18.3. The molecule has 9 heteroatoms. The molecule has 2 aromatic rings. The number of nitrogens with zero attached hydrogens (tertiary/aromatic N) is 3. The van der Waals surface area contributed by atoms with Gasteiger partial charge >= 0.3 is 0 Å². The summed E-state index contributed by atoms with van der Waals surface area (Å²) in [5.41, 5.74) is 0. The van der Waals surface area contributed by atoms with Crippen molar-refractivity contribution < 1.29 is 22.1 Å². The van der Waals surface area contributed by atoms with Crippen molar-refractivity contribution in [1.29, 1.82) is 0 Å². The smallest absolute Gasteiger partial charge is 0.231 e. The highest BCUT2D eigenvalue weighted by atomic mass is 32.2. The topological polar surface area (TPSA) is 85.5 Å². The van der Waals surface area contributed by atoms with Crippen molar-refractivity contribution in [2.75, 3.05) is 25.4 Å². The fraction of sp³-hybridized carbons (Fsp3) is 0.529. The van der Waals surface area contributed by atoms with Crippen molar-refractivity contribution in [1.82, 2.24) is 14.4 Å². The van der Waals surface area contributed by atoms with Crippen LogP contribution in [0, 0.1) is 5.82 Å². The third-order valence-electron chi connectivity index (χ3n) is 4.25. The highest BCUT2D eigenvalue weighted by Gasteiger charge is 2.34. The van der Waals surface area contributed by atoms with E-state index < -0.39 is 10.0 Å². The molecule has 1 atom stereocenters. The van der Waals surface area contributed by atoms with Gasteiger partial charge < -0.3 is 9.26 Å². The Bertz CT molecular complexity index is 823. The van der Waals surface area contributed by atoms with E-state index >= 15 is 0 Å². The van der Waals surface area contributed by atoms with E-state index in [9.17, 15) is 12.8 Å². The average molecular weight is 383 g/mol. The summed E-state index contributed by atoms with van der Waals surface area (Å²) >= 11 is 0. The van der Waals surface area contributed by atoms with Gasteiger partial charge in [0.2, 0.25) is 15.9 Å². The van der Waals surface area contributed by atoms with Gasteiger partial charge in [-0.2, -0.15) is 4.98 Å². The van der Waals surface area contributed by atoms with E-state index in [4.69, 9.17) is 9.26 Å². The van der Waals surface area contributed by atoms with Gasteiger partial charge in [0.25, 0.3) is 0 Å². The SMILES string of the molecule is CCCS(=O)(=O)N1CCC(c2nc(CCOc3ccc(F)cc3)no2)C1. The van der Waals surface area contributed by atoms with Gasteiger partial charge in [0, 0.05) is 19.5 Å². The number of rotatable bonds is 8. The standard InChI is InChI=1S/C17H22FN3O4S/c1-2-11-26(22,23)21-9-7-13(12-21)17-19-16(20-25-17)8-10-24-15-5-3-14(18)4-6-15/h3-6,13H,2,7-12H2,1H3. The Morgan fingerprint density at radius 1 is 1.35 bits per heavy atom. The summed E-state index contributed by atoms with van der Waals surface area (Å²) in [6.45, 7) is 3.06. The Kier molecular flexibility index (Phi) is 5.87.